The standard InChI is InChI=1S/C30H60/c1-4-5-6-7-8-9-10-11-12-13-14-15-16-17-18-19-20-21-22-23-24-25-26-27-28-29-30(2)3/h30H,1-2,4-29H2,3H3. The van der Waals surface area contributed by atoms with Crippen molar-refractivity contribution in [3.05, 3.63) is 13.8 Å². The average Bonchev–Trinajstić information content (AvgIpc) is 2.73. The van der Waals surface area contributed by atoms with Gasteiger partial charge in [0.2, 0.25) is 0 Å². The Bertz CT molecular complexity index is 280. The van der Waals surface area contributed by atoms with E-state index in [1.165, 1.54) is 161 Å². The zero-order chi connectivity index (χ0) is 22.0. The molecule has 2 radical (unpaired) electrons. The smallest absolute Gasteiger partial charge is 0.0443 e. The number of hydrogen-bond acceptors (Lipinski definition) is 0. The Hall–Kier alpha value is 0. The fourth-order valence-electron chi connectivity index (χ4n) is 4.56. The molecule has 0 rings (SSSR count). The third kappa shape index (κ3) is 28.0. The summed E-state index contributed by atoms with van der Waals surface area (Å²) in [5.74, 6) is 0.646. The third-order valence-corrected chi connectivity index (χ3v) is 6.70. The second-order valence-corrected chi connectivity index (χ2v) is 10.2. The molecule has 0 spiro atoms. The molecule has 0 amide bonds. The van der Waals surface area contributed by atoms with E-state index in [0.717, 1.165) is 6.42 Å². The first-order valence-electron chi connectivity index (χ1n) is 14.4. The van der Waals surface area contributed by atoms with Gasteiger partial charge in [0.15, 0.2) is 0 Å². The molecule has 0 saturated heterocycles. The maximum Gasteiger partial charge on any atom is -0.0443 e. The van der Waals surface area contributed by atoms with Gasteiger partial charge in [-0.05, 0) is 5.92 Å². The van der Waals surface area contributed by atoms with Crippen molar-refractivity contribution in [2.45, 2.75) is 174 Å². The number of unbranched alkanes of at least 4 members (excludes halogenated alkanes) is 24. The van der Waals surface area contributed by atoms with E-state index in [9.17, 15) is 0 Å². The van der Waals surface area contributed by atoms with Crippen LogP contribution in [0.1, 0.15) is 174 Å². The predicted molar refractivity (Wildman–Crippen MR) is 140 cm³/mol. The molecule has 0 heteroatoms. The highest BCUT2D eigenvalue weighted by atomic mass is 14.0. The van der Waals surface area contributed by atoms with Crippen LogP contribution in [0.4, 0.5) is 0 Å². The minimum absolute atomic E-state index is 0.646. The van der Waals surface area contributed by atoms with Crippen LogP contribution >= 0.6 is 0 Å². The molecule has 0 heterocycles. The molecule has 30 heavy (non-hydrogen) atoms. The average molecular weight is 421 g/mol. The molecule has 0 aliphatic heterocycles. The highest BCUT2D eigenvalue weighted by Gasteiger charge is 1.97. The molecule has 1 atom stereocenters. The van der Waals surface area contributed by atoms with Crippen molar-refractivity contribution >= 4 is 0 Å². The van der Waals surface area contributed by atoms with Gasteiger partial charge in [-0.2, -0.15) is 0 Å². The lowest BCUT2D eigenvalue weighted by Crippen LogP contribution is -1.87. The van der Waals surface area contributed by atoms with Gasteiger partial charge in [-0.25, -0.2) is 0 Å². The minimum atomic E-state index is 0.646. The summed E-state index contributed by atoms with van der Waals surface area (Å²) >= 11 is 0. The molecule has 0 aliphatic carbocycles. The van der Waals surface area contributed by atoms with Gasteiger partial charge in [0.25, 0.3) is 0 Å². The van der Waals surface area contributed by atoms with Gasteiger partial charge in [-0.1, -0.05) is 188 Å². The van der Waals surface area contributed by atoms with Crippen LogP contribution in [0.15, 0.2) is 0 Å². The zero-order valence-corrected chi connectivity index (χ0v) is 21.4. The van der Waals surface area contributed by atoms with Crippen molar-refractivity contribution in [1.82, 2.24) is 0 Å². The molecule has 0 aromatic heterocycles. The fraction of sp³-hybridized carbons (Fsp3) is 0.933. The van der Waals surface area contributed by atoms with E-state index in [4.69, 9.17) is 0 Å². The van der Waals surface area contributed by atoms with Crippen molar-refractivity contribution in [3.63, 3.8) is 0 Å². The maximum absolute atomic E-state index is 4.07. The summed E-state index contributed by atoms with van der Waals surface area (Å²) in [7, 11) is 0. The van der Waals surface area contributed by atoms with Crippen LogP contribution in [-0.4, -0.2) is 0 Å². The molecule has 0 aromatic carbocycles. The summed E-state index contributed by atoms with van der Waals surface area (Å²) in [6.07, 6.45) is 37.5. The van der Waals surface area contributed by atoms with Crippen molar-refractivity contribution in [2.75, 3.05) is 0 Å². The molecular formula is C30H60. The molecule has 0 aromatic rings. The lowest BCUT2D eigenvalue weighted by molar-refractivity contribution is 0.510. The summed E-state index contributed by atoms with van der Waals surface area (Å²) in [4.78, 5) is 0. The Labute approximate surface area is 193 Å². The van der Waals surface area contributed by atoms with Crippen LogP contribution in [0.3, 0.4) is 0 Å². The molecule has 0 bridgehead atoms. The van der Waals surface area contributed by atoms with Crippen LogP contribution in [0.25, 0.3) is 0 Å². The summed E-state index contributed by atoms with van der Waals surface area (Å²) < 4.78 is 0. The van der Waals surface area contributed by atoms with Crippen LogP contribution < -0.4 is 0 Å². The molecule has 180 valence electrons. The van der Waals surface area contributed by atoms with E-state index in [1.807, 2.05) is 0 Å². The topological polar surface area (TPSA) is 0 Å². The van der Waals surface area contributed by atoms with Crippen molar-refractivity contribution in [2.24, 2.45) is 5.92 Å². The van der Waals surface area contributed by atoms with E-state index in [0.29, 0.717) is 5.92 Å². The Kier molecular flexibility index (Phi) is 27.0. The Morgan fingerprint density at radius 3 is 0.767 bits per heavy atom. The van der Waals surface area contributed by atoms with Crippen molar-refractivity contribution < 1.29 is 0 Å². The van der Waals surface area contributed by atoms with Crippen LogP contribution in [0.5, 0.6) is 0 Å². The summed E-state index contributed by atoms with van der Waals surface area (Å²) in [5.41, 5.74) is 0. The summed E-state index contributed by atoms with van der Waals surface area (Å²) in [6, 6.07) is 0. The van der Waals surface area contributed by atoms with Gasteiger partial charge in [0.05, 0.1) is 0 Å². The summed E-state index contributed by atoms with van der Waals surface area (Å²) in [5, 5.41) is 0. The Morgan fingerprint density at radius 2 is 0.567 bits per heavy atom. The number of rotatable bonds is 26. The van der Waals surface area contributed by atoms with E-state index in [-0.39, 0.29) is 0 Å². The monoisotopic (exact) mass is 420 g/mol. The van der Waals surface area contributed by atoms with Gasteiger partial charge >= 0.3 is 0 Å². The summed E-state index contributed by atoms with van der Waals surface area (Å²) in [6.45, 7) is 10.2. The second-order valence-electron chi connectivity index (χ2n) is 10.2. The largest absolute Gasteiger partial charge is 0.0625 e. The first kappa shape index (κ1) is 30.0. The highest BCUT2D eigenvalue weighted by molar-refractivity contribution is 4.55. The van der Waals surface area contributed by atoms with Crippen LogP contribution in [-0.2, 0) is 0 Å². The van der Waals surface area contributed by atoms with Crippen molar-refractivity contribution in [3.8, 4) is 0 Å². The maximum atomic E-state index is 4.07. The van der Waals surface area contributed by atoms with E-state index in [1.54, 1.807) is 0 Å². The zero-order valence-electron chi connectivity index (χ0n) is 21.4. The minimum Gasteiger partial charge on any atom is -0.0625 e. The normalized spacial score (nSPS) is 11.6. The predicted octanol–water partition coefficient (Wildman–Crippen LogP) is 11.4. The lowest BCUT2D eigenvalue weighted by Gasteiger charge is -2.05. The Balaban J connectivity index is 2.99. The van der Waals surface area contributed by atoms with E-state index < -0.39 is 0 Å². The Morgan fingerprint density at radius 1 is 0.367 bits per heavy atom. The molecule has 0 N–H and O–H groups in total. The molecular weight excluding hydrogens is 360 g/mol. The number of hydrogen-bond donors (Lipinski definition) is 0. The van der Waals surface area contributed by atoms with Gasteiger partial charge in [-0.3, -0.25) is 0 Å². The van der Waals surface area contributed by atoms with Crippen LogP contribution in [0.2, 0.25) is 0 Å². The molecule has 0 nitrogen and oxygen atoms in total. The first-order valence-corrected chi connectivity index (χ1v) is 14.4. The first-order chi connectivity index (χ1) is 14.8. The quantitative estimate of drug-likeness (QED) is 0.122. The van der Waals surface area contributed by atoms with Crippen LogP contribution in [0, 0.1) is 19.8 Å². The second kappa shape index (κ2) is 27.0. The third-order valence-electron chi connectivity index (χ3n) is 6.70. The molecule has 0 saturated carbocycles. The van der Waals surface area contributed by atoms with Gasteiger partial charge in [0, 0.05) is 0 Å². The fourth-order valence-corrected chi connectivity index (χ4v) is 4.56. The van der Waals surface area contributed by atoms with Crippen molar-refractivity contribution in [1.29, 1.82) is 0 Å². The van der Waals surface area contributed by atoms with Gasteiger partial charge in [-0.15, -0.1) is 0 Å². The molecule has 0 aliphatic rings. The SMILES string of the molecule is [CH2]CCCCCCCCCCCCCCCCCCCCCCCCCCC([CH2])C. The lowest BCUT2D eigenvalue weighted by atomic mass is 10.0. The highest BCUT2D eigenvalue weighted by Crippen LogP contribution is 2.16. The van der Waals surface area contributed by atoms with Gasteiger partial charge in [0.1, 0.15) is 0 Å². The van der Waals surface area contributed by atoms with E-state index >= 15 is 0 Å². The van der Waals surface area contributed by atoms with Gasteiger partial charge < -0.3 is 0 Å². The van der Waals surface area contributed by atoms with E-state index in [2.05, 4.69) is 20.8 Å². The molecule has 1 unspecified atom stereocenters. The molecule has 0 fully saturated rings.